The van der Waals surface area contributed by atoms with Crippen LogP contribution in [0.15, 0.2) is 12.4 Å². The molecule has 1 aromatic heterocycles. The molecule has 1 saturated carbocycles. The van der Waals surface area contributed by atoms with E-state index in [1.54, 1.807) is 0 Å². The molecule has 0 unspecified atom stereocenters. The molecule has 0 aliphatic heterocycles. The second-order valence-corrected chi connectivity index (χ2v) is 7.13. The van der Waals surface area contributed by atoms with Crippen LogP contribution in [-0.2, 0) is 12.1 Å². The fourth-order valence-corrected chi connectivity index (χ4v) is 3.07. The number of hydrogen-bond acceptors (Lipinski definition) is 2. The predicted molar refractivity (Wildman–Crippen MR) is 80.1 cm³/mol. The van der Waals surface area contributed by atoms with Gasteiger partial charge in [-0.1, -0.05) is 19.8 Å². The zero-order valence-corrected chi connectivity index (χ0v) is 13.0. The lowest BCUT2D eigenvalue weighted by Crippen LogP contribution is -2.31. The molecule has 1 aliphatic carbocycles. The third-order valence-corrected chi connectivity index (χ3v) is 4.57. The molecule has 0 amide bonds. The van der Waals surface area contributed by atoms with E-state index in [1.165, 1.54) is 37.7 Å². The summed E-state index contributed by atoms with van der Waals surface area (Å²) < 4.78 is 2.05. The highest BCUT2D eigenvalue weighted by atomic mass is 15.3. The minimum absolute atomic E-state index is 0.0777. The number of rotatable bonds is 5. The smallest absolute Gasteiger partial charge is 0.0543 e. The molecule has 108 valence electrons. The summed E-state index contributed by atoms with van der Waals surface area (Å²) in [5.74, 6) is 0. The fraction of sp³-hybridized carbons (Fsp3) is 0.812. The Morgan fingerprint density at radius 2 is 2.00 bits per heavy atom. The second kappa shape index (κ2) is 5.66. The zero-order chi connectivity index (χ0) is 13.9. The summed E-state index contributed by atoms with van der Waals surface area (Å²) in [4.78, 5) is 0. The van der Waals surface area contributed by atoms with E-state index in [2.05, 4.69) is 49.0 Å². The highest BCUT2D eigenvalue weighted by molar-refractivity contribution is 5.05. The molecule has 0 atom stereocenters. The maximum atomic E-state index is 4.45. The van der Waals surface area contributed by atoms with Gasteiger partial charge >= 0.3 is 0 Å². The zero-order valence-electron chi connectivity index (χ0n) is 13.0. The van der Waals surface area contributed by atoms with Crippen LogP contribution in [0.4, 0.5) is 0 Å². The molecular formula is C16H29N3. The van der Waals surface area contributed by atoms with Crippen molar-refractivity contribution in [3.05, 3.63) is 18.0 Å². The second-order valence-electron chi connectivity index (χ2n) is 7.13. The molecule has 1 aromatic rings. The molecule has 0 radical (unpaired) electrons. The summed E-state index contributed by atoms with van der Waals surface area (Å²) in [6, 6.07) is 0. The van der Waals surface area contributed by atoms with Gasteiger partial charge in [-0.25, -0.2) is 0 Å². The molecule has 0 aromatic carbocycles. The van der Waals surface area contributed by atoms with Crippen molar-refractivity contribution in [3.63, 3.8) is 0 Å². The molecule has 0 spiro atoms. The molecule has 0 bridgehead atoms. The third-order valence-electron chi connectivity index (χ3n) is 4.57. The van der Waals surface area contributed by atoms with E-state index < -0.39 is 0 Å². The van der Waals surface area contributed by atoms with Crippen molar-refractivity contribution in [1.29, 1.82) is 0 Å². The number of nitrogens with zero attached hydrogens (tertiary/aromatic N) is 2. The van der Waals surface area contributed by atoms with E-state index in [-0.39, 0.29) is 5.54 Å². The van der Waals surface area contributed by atoms with Crippen molar-refractivity contribution in [3.8, 4) is 0 Å². The van der Waals surface area contributed by atoms with Gasteiger partial charge in [-0.2, -0.15) is 5.10 Å². The lowest BCUT2D eigenvalue weighted by atomic mass is 9.83. The quantitative estimate of drug-likeness (QED) is 0.878. The van der Waals surface area contributed by atoms with Crippen molar-refractivity contribution in [2.45, 2.75) is 71.9 Å². The van der Waals surface area contributed by atoms with Gasteiger partial charge in [0.25, 0.3) is 0 Å². The van der Waals surface area contributed by atoms with E-state index in [1.807, 2.05) is 6.20 Å². The molecule has 3 nitrogen and oxygen atoms in total. The van der Waals surface area contributed by atoms with Gasteiger partial charge in [-0.15, -0.1) is 0 Å². The van der Waals surface area contributed by atoms with E-state index in [0.29, 0.717) is 5.41 Å². The van der Waals surface area contributed by atoms with Crippen LogP contribution in [-0.4, -0.2) is 16.3 Å². The summed E-state index contributed by atoms with van der Waals surface area (Å²) in [6.45, 7) is 11.0. The Kier molecular flexibility index (Phi) is 4.34. The molecule has 1 heterocycles. The van der Waals surface area contributed by atoms with Crippen molar-refractivity contribution in [2.75, 3.05) is 6.54 Å². The summed E-state index contributed by atoms with van der Waals surface area (Å²) >= 11 is 0. The van der Waals surface area contributed by atoms with Gasteiger partial charge in [0.1, 0.15) is 0 Å². The summed E-state index contributed by atoms with van der Waals surface area (Å²) in [7, 11) is 0. The molecule has 3 heteroatoms. The lowest BCUT2D eigenvalue weighted by molar-refractivity contribution is 0.268. The van der Waals surface area contributed by atoms with Crippen LogP contribution in [0.25, 0.3) is 0 Å². The van der Waals surface area contributed by atoms with Crippen LogP contribution in [0.5, 0.6) is 0 Å². The van der Waals surface area contributed by atoms with Crippen LogP contribution >= 0.6 is 0 Å². The maximum absolute atomic E-state index is 4.45. The Hall–Kier alpha value is -0.830. The molecule has 1 fully saturated rings. The Balaban J connectivity index is 1.84. The van der Waals surface area contributed by atoms with Crippen LogP contribution in [0.2, 0.25) is 0 Å². The molecule has 2 rings (SSSR count). The normalized spacial score (nSPS) is 18.9. The van der Waals surface area contributed by atoms with Crippen LogP contribution in [0.1, 0.15) is 65.4 Å². The Bertz CT molecular complexity index is 394. The summed E-state index contributed by atoms with van der Waals surface area (Å²) in [5.41, 5.74) is 1.94. The van der Waals surface area contributed by atoms with E-state index in [0.717, 1.165) is 13.1 Å². The van der Waals surface area contributed by atoms with Crippen molar-refractivity contribution in [2.24, 2.45) is 5.41 Å². The van der Waals surface area contributed by atoms with Crippen LogP contribution in [0.3, 0.4) is 0 Å². The summed E-state index contributed by atoms with van der Waals surface area (Å²) in [5, 5.41) is 8.10. The predicted octanol–water partition coefficient (Wildman–Crippen LogP) is 3.70. The lowest BCUT2D eigenvalue weighted by Gasteiger charge is -2.27. The minimum Gasteiger partial charge on any atom is -0.312 e. The molecule has 0 saturated heterocycles. The first-order valence-electron chi connectivity index (χ1n) is 7.70. The first-order valence-corrected chi connectivity index (χ1v) is 7.70. The van der Waals surface area contributed by atoms with E-state index >= 15 is 0 Å². The largest absolute Gasteiger partial charge is 0.312 e. The molecule has 1 N–H and O–H groups in total. The van der Waals surface area contributed by atoms with Gasteiger partial charge in [-0.3, -0.25) is 4.68 Å². The average molecular weight is 263 g/mol. The van der Waals surface area contributed by atoms with E-state index in [4.69, 9.17) is 0 Å². The topological polar surface area (TPSA) is 29.9 Å². The Morgan fingerprint density at radius 1 is 1.32 bits per heavy atom. The standard InChI is InChI=1S/C16H29N3/c1-5-16(8-6-7-9-16)13-17-10-14-11-18-19(12-14)15(2,3)4/h11-12,17H,5-10,13H2,1-4H3. The molecule has 19 heavy (non-hydrogen) atoms. The monoisotopic (exact) mass is 263 g/mol. The Labute approximate surface area is 117 Å². The highest BCUT2D eigenvalue weighted by Crippen LogP contribution is 2.40. The minimum atomic E-state index is 0.0777. The van der Waals surface area contributed by atoms with Crippen LogP contribution in [0, 0.1) is 5.41 Å². The van der Waals surface area contributed by atoms with Gasteiger partial charge in [0.15, 0.2) is 0 Å². The number of aromatic nitrogens is 2. The van der Waals surface area contributed by atoms with Crippen molar-refractivity contribution >= 4 is 0 Å². The SMILES string of the molecule is CCC1(CNCc2cnn(C(C)(C)C)c2)CCCC1. The van der Waals surface area contributed by atoms with E-state index in [9.17, 15) is 0 Å². The third kappa shape index (κ3) is 3.59. The highest BCUT2D eigenvalue weighted by Gasteiger charge is 2.31. The van der Waals surface area contributed by atoms with Crippen molar-refractivity contribution in [1.82, 2.24) is 15.1 Å². The molecule has 1 aliphatic rings. The van der Waals surface area contributed by atoms with Gasteiger partial charge < -0.3 is 5.32 Å². The summed E-state index contributed by atoms with van der Waals surface area (Å²) in [6.07, 6.45) is 11.1. The number of hydrogen-bond donors (Lipinski definition) is 1. The Morgan fingerprint density at radius 3 is 2.53 bits per heavy atom. The van der Waals surface area contributed by atoms with Crippen molar-refractivity contribution < 1.29 is 0 Å². The van der Waals surface area contributed by atoms with Gasteiger partial charge in [0.2, 0.25) is 0 Å². The first kappa shape index (κ1) is 14.6. The maximum Gasteiger partial charge on any atom is 0.0543 e. The van der Waals surface area contributed by atoms with Gasteiger partial charge in [-0.05, 0) is 45.4 Å². The van der Waals surface area contributed by atoms with Gasteiger partial charge in [0, 0.05) is 24.8 Å². The van der Waals surface area contributed by atoms with Gasteiger partial charge in [0.05, 0.1) is 11.7 Å². The first-order chi connectivity index (χ1) is 8.95. The molecular weight excluding hydrogens is 234 g/mol. The fourth-order valence-electron chi connectivity index (χ4n) is 3.07. The average Bonchev–Trinajstić information content (AvgIpc) is 2.97. The number of nitrogens with one attached hydrogen (secondary N) is 1. The van der Waals surface area contributed by atoms with Crippen LogP contribution < -0.4 is 5.32 Å².